The summed E-state index contributed by atoms with van der Waals surface area (Å²) in [7, 11) is 0. The van der Waals surface area contributed by atoms with Gasteiger partial charge in [0.2, 0.25) is 0 Å². The first-order valence-electron chi connectivity index (χ1n) is 13.9. The number of aromatic amines is 1. The van der Waals surface area contributed by atoms with E-state index in [2.05, 4.69) is 20.6 Å². The number of aryl methyl sites for hydroxylation is 1. The van der Waals surface area contributed by atoms with Crippen LogP contribution in [0.25, 0.3) is 11.0 Å². The van der Waals surface area contributed by atoms with Crippen LogP contribution in [0.1, 0.15) is 80.6 Å². The van der Waals surface area contributed by atoms with Crippen LogP contribution in [-0.4, -0.2) is 57.2 Å². The van der Waals surface area contributed by atoms with Gasteiger partial charge in [0.25, 0.3) is 17.7 Å². The number of benzene rings is 2. The van der Waals surface area contributed by atoms with E-state index in [-0.39, 0.29) is 17.7 Å². The molecule has 1 fully saturated rings. The highest BCUT2D eigenvalue weighted by molar-refractivity contribution is 6.31. The van der Waals surface area contributed by atoms with Crippen molar-refractivity contribution >= 4 is 40.4 Å². The molecule has 41 heavy (non-hydrogen) atoms. The van der Waals surface area contributed by atoms with Gasteiger partial charge in [-0.3, -0.25) is 19.4 Å². The number of hydrogen-bond donors (Lipinski definition) is 3. The molecule has 2 aromatic heterocycles. The molecule has 0 bridgehead atoms. The zero-order valence-electron chi connectivity index (χ0n) is 23.0. The van der Waals surface area contributed by atoms with E-state index in [1.807, 2.05) is 17.9 Å². The predicted molar refractivity (Wildman–Crippen MR) is 158 cm³/mol. The Morgan fingerprint density at radius 1 is 0.976 bits per heavy atom. The van der Waals surface area contributed by atoms with E-state index in [9.17, 15) is 14.4 Å². The Morgan fingerprint density at radius 2 is 1.76 bits per heavy atom. The highest BCUT2D eigenvalue weighted by atomic mass is 35.5. The summed E-state index contributed by atoms with van der Waals surface area (Å²) in [5.41, 5.74) is 3.99. The molecule has 3 N–H and O–H groups in total. The monoisotopic (exact) mass is 572 g/mol. The van der Waals surface area contributed by atoms with Crippen molar-refractivity contribution < 1.29 is 14.4 Å². The maximum absolute atomic E-state index is 13.4. The van der Waals surface area contributed by atoms with Crippen molar-refractivity contribution in [2.45, 2.75) is 45.1 Å². The number of carbonyl (C=O) groups is 3. The zero-order chi connectivity index (χ0) is 28.8. The second-order valence-electron chi connectivity index (χ2n) is 10.3. The van der Waals surface area contributed by atoms with Crippen molar-refractivity contribution in [1.29, 1.82) is 0 Å². The lowest BCUT2D eigenvalue weighted by Crippen LogP contribution is -2.30. The third-order valence-corrected chi connectivity index (χ3v) is 7.59. The van der Waals surface area contributed by atoms with Crippen molar-refractivity contribution in [1.82, 2.24) is 30.5 Å². The molecule has 2 aromatic carbocycles. The van der Waals surface area contributed by atoms with Gasteiger partial charge in [0.05, 0.1) is 17.1 Å². The summed E-state index contributed by atoms with van der Waals surface area (Å²) in [5, 5.41) is 6.65. The number of likely N-dealkylation sites (tertiary alicyclic amines) is 1. The minimum absolute atomic E-state index is 0.0155. The van der Waals surface area contributed by atoms with E-state index in [0.717, 1.165) is 55.4 Å². The fourth-order valence-electron chi connectivity index (χ4n) is 5.10. The number of pyridine rings is 1. The third kappa shape index (κ3) is 6.92. The van der Waals surface area contributed by atoms with Crippen LogP contribution >= 0.6 is 11.6 Å². The van der Waals surface area contributed by atoms with Gasteiger partial charge < -0.3 is 20.5 Å². The average Bonchev–Trinajstić information content (AvgIpc) is 3.67. The van der Waals surface area contributed by atoms with Gasteiger partial charge >= 0.3 is 0 Å². The molecule has 10 heteroatoms. The van der Waals surface area contributed by atoms with E-state index >= 15 is 0 Å². The highest BCUT2D eigenvalue weighted by Gasteiger charge is 2.23. The van der Waals surface area contributed by atoms with Crippen LogP contribution in [0.5, 0.6) is 0 Å². The van der Waals surface area contributed by atoms with Gasteiger partial charge in [0, 0.05) is 53.7 Å². The minimum Gasteiger partial charge on any atom is -0.352 e. The van der Waals surface area contributed by atoms with Crippen LogP contribution in [0.4, 0.5) is 0 Å². The largest absolute Gasteiger partial charge is 0.352 e. The fraction of sp³-hybridized carbons (Fsp3) is 0.323. The lowest BCUT2D eigenvalue weighted by molar-refractivity contribution is 0.0790. The van der Waals surface area contributed by atoms with E-state index in [1.54, 1.807) is 54.9 Å². The number of rotatable bonds is 10. The molecule has 1 saturated heterocycles. The number of hydrogen-bond acceptors (Lipinski definition) is 5. The first-order chi connectivity index (χ1) is 19.9. The molecule has 5 rings (SSSR count). The van der Waals surface area contributed by atoms with Gasteiger partial charge in [-0.2, -0.15) is 0 Å². The second kappa shape index (κ2) is 13.0. The number of fused-ring (bicyclic) bond motifs is 1. The van der Waals surface area contributed by atoms with Crippen molar-refractivity contribution in [3.63, 3.8) is 0 Å². The Labute approximate surface area is 243 Å². The maximum Gasteiger partial charge on any atom is 0.254 e. The molecule has 0 spiro atoms. The predicted octanol–water partition coefficient (Wildman–Crippen LogP) is 5.23. The Hall–Kier alpha value is -4.24. The molecule has 3 heterocycles. The van der Waals surface area contributed by atoms with Gasteiger partial charge in [-0.15, -0.1) is 0 Å². The molecule has 4 aromatic rings. The van der Waals surface area contributed by atoms with Gasteiger partial charge in [-0.05, 0) is 93.1 Å². The van der Waals surface area contributed by atoms with Crippen molar-refractivity contribution in [3.8, 4) is 0 Å². The minimum atomic E-state index is -0.393. The summed E-state index contributed by atoms with van der Waals surface area (Å²) in [4.78, 5) is 52.4. The lowest BCUT2D eigenvalue weighted by Gasteiger charge is -2.19. The Balaban J connectivity index is 1.26. The molecule has 1 aliphatic heterocycles. The van der Waals surface area contributed by atoms with Crippen LogP contribution in [0, 0.1) is 6.92 Å². The zero-order valence-corrected chi connectivity index (χ0v) is 23.7. The normalized spacial score (nSPS) is 13.8. The summed E-state index contributed by atoms with van der Waals surface area (Å²) >= 11 is 6.17. The number of nitrogens with zero attached hydrogens (tertiary/aromatic N) is 3. The first-order valence-corrected chi connectivity index (χ1v) is 14.3. The second-order valence-corrected chi connectivity index (χ2v) is 10.8. The molecule has 0 radical (unpaired) electrons. The van der Waals surface area contributed by atoms with E-state index in [4.69, 9.17) is 16.6 Å². The summed E-state index contributed by atoms with van der Waals surface area (Å²) in [5.74, 6) is 0.256. The standard InChI is InChI=1S/C31H33ClN6O3/c1-20-18-22(7-9-24(20)31(41)38-16-4-5-17-38)30(40)37-26(28-35-25-10-8-23(32)19-27(25)36-28)6-2-3-13-34-29(39)21-11-14-33-15-12-21/h7-12,14-15,18-19,26H,2-6,13,16-17H2,1H3,(H,34,39)(H,35,36)(H,37,40)/t26-/m0/s1. The first kappa shape index (κ1) is 28.3. The number of nitrogens with one attached hydrogen (secondary N) is 3. The molecule has 9 nitrogen and oxygen atoms in total. The average molecular weight is 573 g/mol. The number of imidazole rings is 1. The van der Waals surface area contributed by atoms with Gasteiger partial charge in [-0.25, -0.2) is 4.98 Å². The highest BCUT2D eigenvalue weighted by Crippen LogP contribution is 2.24. The molecule has 0 unspecified atom stereocenters. The Bertz CT molecular complexity index is 1550. The summed E-state index contributed by atoms with van der Waals surface area (Å²) in [6.07, 6.45) is 7.29. The molecular formula is C31H33ClN6O3. The van der Waals surface area contributed by atoms with Crippen molar-refractivity contribution in [2.75, 3.05) is 19.6 Å². The van der Waals surface area contributed by atoms with Crippen LogP contribution < -0.4 is 10.6 Å². The molecule has 0 saturated carbocycles. The molecule has 1 aliphatic rings. The van der Waals surface area contributed by atoms with Crippen LogP contribution in [-0.2, 0) is 0 Å². The molecule has 1 atom stereocenters. The van der Waals surface area contributed by atoms with E-state index in [0.29, 0.717) is 40.5 Å². The number of carbonyl (C=O) groups excluding carboxylic acids is 3. The topological polar surface area (TPSA) is 120 Å². The van der Waals surface area contributed by atoms with Gasteiger partial charge in [-0.1, -0.05) is 11.6 Å². The van der Waals surface area contributed by atoms with E-state index in [1.165, 1.54) is 0 Å². The summed E-state index contributed by atoms with van der Waals surface area (Å²) in [6, 6.07) is 13.6. The smallest absolute Gasteiger partial charge is 0.254 e. The van der Waals surface area contributed by atoms with Gasteiger partial charge in [0.1, 0.15) is 5.82 Å². The Morgan fingerprint density at radius 3 is 2.51 bits per heavy atom. The molecule has 0 aliphatic carbocycles. The summed E-state index contributed by atoms with van der Waals surface area (Å²) in [6.45, 7) is 3.92. The number of aromatic nitrogens is 3. The maximum atomic E-state index is 13.4. The quantitative estimate of drug-likeness (QED) is 0.225. The molecule has 212 valence electrons. The lowest BCUT2D eigenvalue weighted by atomic mass is 10.0. The fourth-order valence-corrected chi connectivity index (χ4v) is 5.27. The van der Waals surface area contributed by atoms with E-state index < -0.39 is 6.04 Å². The number of H-pyrrole nitrogens is 1. The van der Waals surface area contributed by atoms with Crippen LogP contribution in [0.2, 0.25) is 5.02 Å². The molecular weight excluding hydrogens is 540 g/mol. The molecule has 3 amide bonds. The summed E-state index contributed by atoms with van der Waals surface area (Å²) < 4.78 is 0. The van der Waals surface area contributed by atoms with Crippen molar-refractivity contribution in [2.24, 2.45) is 0 Å². The Kier molecular flexibility index (Phi) is 8.94. The number of amides is 3. The number of halogens is 1. The third-order valence-electron chi connectivity index (χ3n) is 7.36. The van der Waals surface area contributed by atoms with Crippen LogP contribution in [0.3, 0.4) is 0 Å². The SMILES string of the molecule is Cc1cc(C(=O)N[C@@H](CCCCNC(=O)c2ccncc2)c2nc3ccc(Cl)cc3[nH]2)ccc1C(=O)N1CCCC1. The number of unbranched alkanes of at least 4 members (excludes halogenated alkanes) is 1. The van der Waals surface area contributed by atoms with Crippen molar-refractivity contribution in [3.05, 3.63) is 94.0 Å². The van der Waals surface area contributed by atoms with Gasteiger partial charge in [0.15, 0.2) is 0 Å². The van der Waals surface area contributed by atoms with Crippen LogP contribution in [0.15, 0.2) is 60.9 Å².